The number of nitrogens with one attached hydrogen (secondary N) is 2. The molecule has 1 heterocycles. The van der Waals surface area contributed by atoms with Crippen LogP contribution in [-0.2, 0) is 9.59 Å². The minimum absolute atomic E-state index is 0.0686. The summed E-state index contributed by atoms with van der Waals surface area (Å²) >= 11 is 0. The third kappa shape index (κ3) is 6.78. The molecule has 0 aromatic carbocycles. The molecule has 6 heteroatoms. The van der Waals surface area contributed by atoms with E-state index in [0.29, 0.717) is 6.42 Å². The standard InChI is InChI=1S/C23H44N4O2/c1-6-11-13-16-18(9-4)23(19(10-5)17-14-12-7-2)21(22(29)25-27-26-23)24-20(28)15-8-3/h18-19,21H,6-17H2,1-5H3,(H,24,28)(H,25,26,29). The van der Waals surface area contributed by atoms with E-state index >= 15 is 0 Å². The van der Waals surface area contributed by atoms with Crippen molar-refractivity contribution in [3.05, 3.63) is 0 Å². The Morgan fingerprint density at radius 3 is 1.97 bits per heavy atom. The fraction of sp³-hybridized carbons (Fsp3) is 0.913. The van der Waals surface area contributed by atoms with Crippen molar-refractivity contribution in [1.82, 2.24) is 10.7 Å². The van der Waals surface area contributed by atoms with Crippen LogP contribution in [0.4, 0.5) is 0 Å². The van der Waals surface area contributed by atoms with E-state index in [1.165, 1.54) is 12.8 Å². The van der Waals surface area contributed by atoms with Crippen molar-refractivity contribution in [1.29, 1.82) is 0 Å². The number of carbonyl (C=O) groups is 2. The highest BCUT2D eigenvalue weighted by Crippen LogP contribution is 2.44. The first kappa shape index (κ1) is 25.6. The van der Waals surface area contributed by atoms with Crippen LogP contribution in [0.15, 0.2) is 10.3 Å². The SMILES string of the molecule is CCCCCC(CC)C1(C(CC)CCCCC)N=NNC(=O)C1NC(=O)CCC. The van der Waals surface area contributed by atoms with E-state index in [4.69, 9.17) is 5.11 Å². The van der Waals surface area contributed by atoms with Crippen LogP contribution in [0.1, 0.15) is 112 Å². The molecule has 6 nitrogen and oxygen atoms in total. The van der Waals surface area contributed by atoms with E-state index in [1.54, 1.807) is 0 Å². The summed E-state index contributed by atoms with van der Waals surface area (Å²) in [6, 6.07) is -0.641. The maximum Gasteiger partial charge on any atom is 0.266 e. The predicted octanol–water partition coefficient (Wildman–Crippen LogP) is 5.72. The van der Waals surface area contributed by atoms with Gasteiger partial charge in [-0.15, -0.1) is 0 Å². The molecule has 1 rings (SSSR count). The first-order chi connectivity index (χ1) is 14.0. The molecule has 29 heavy (non-hydrogen) atoms. The van der Waals surface area contributed by atoms with Crippen molar-refractivity contribution in [2.75, 3.05) is 0 Å². The van der Waals surface area contributed by atoms with Gasteiger partial charge in [0.15, 0.2) is 0 Å². The number of hydrogen-bond donors (Lipinski definition) is 2. The molecule has 1 aliphatic rings. The fourth-order valence-electron chi connectivity index (χ4n) is 4.91. The largest absolute Gasteiger partial charge is 0.342 e. The second-order valence-electron chi connectivity index (χ2n) is 8.52. The molecule has 0 spiro atoms. The van der Waals surface area contributed by atoms with Crippen molar-refractivity contribution in [2.45, 2.75) is 123 Å². The Hall–Kier alpha value is -1.46. The Morgan fingerprint density at radius 1 is 0.966 bits per heavy atom. The molecule has 3 unspecified atom stereocenters. The smallest absolute Gasteiger partial charge is 0.266 e. The summed E-state index contributed by atoms with van der Waals surface area (Å²) in [6.07, 6.45) is 12.0. The molecule has 0 aliphatic carbocycles. The Kier molecular flexibility index (Phi) is 12.1. The maximum atomic E-state index is 13.0. The second-order valence-corrected chi connectivity index (χ2v) is 8.52. The molecule has 168 valence electrons. The molecule has 1 aliphatic heterocycles. The summed E-state index contributed by atoms with van der Waals surface area (Å²) < 4.78 is 0. The molecule has 0 aromatic heterocycles. The van der Waals surface area contributed by atoms with E-state index < -0.39 is 11.6 Å². The third-order valence-corrected chi connectivity index (χ3v) is 6.50. The summed E-state index contributed by atoms with van der Waals surface area (Å²) in [5.41, 5.74) is 1.88. The molecule has 0 saturated carbocycles. The van der Waals surface area contributed by atoms with Crippen molar-refractivity contribution in [2.24, 2.45) is 22.2 Å². The van der Waals surface area contributed by atoms with Gasteiger partial charge in [-0.05, 0) is 31.1 Å². The van der Waals surface area contributed by atoms with E-state index in [2.05, 4.69) is 43.7 Å². The van der Waals surface area contributed by atoms with Crippen LogP contribution in [0.25, 0.3) is 0 Å². The lowest BCUT2D eigenvalue weighted by Gasteiger charge is -2.48. The topological polar surface area (TPSA) is 82.9 Å². The van der Waals surface area contributed by atoms with Crippen LogP contribution in [0.2, 0.25) is 0 Å². The van der Waals surface area contributed by atoms with Crippen LogP contribution < -0.4 is 10.7 Å². The highest BCUT2D eigenvalue weighted by atomic mass is 16.2. The fourth-order valence-corrected chi connectivity index (χ4v) is 4.91. The van der Waals surface area contributed by atoms with Gasteiger partial charge >= 0.3 is 0 Å². The van der Waals surface area contributed by atoms with Gasteiger partial charge in [-0.3, -0.25) is 9.59 Å². The Morgan fingerprint density at radius 2 is 1.52 bits per heavy atom. The number of carbonyl (C=O) groups excluding carboxylic acids is 2. The first-order valence-corrected chi connectivity index (χ1v) is 12.0. The molecule has 0 aromatic rings. The van der Waals surface area contributed by atoms with Crippen LogP contribution in [0.3, 0.4) is 0 Å². The highest BCUT2D eigenvalue weighted by molar-refractivity contribution is 5.89. The third-order valence-electron chi connectivity index (χ3n) is 6.50. The number of hydrogen-bond acceptors (Lipinski definition) is 4. The summed E-state index contributed by atoms with van der Waals surface area (Å²) in [6.45, 7) is 10.8. The molecule has 3 atom stereocenters. The zero-order chi connectivity index (χ0) is 21.7. The summed E-state index contributed by atoms with van der Waals surface area (Å²) in [5, 5.41) is 11.9. The van der Waals surface area contributed by atoms with E-state index in [0.717, 1.165) is 57.8 Å². The Bertz CT molecular complexity index is 503. The van der Waals surface area contributed by atoms with Crippen LogP contribution >= 0.6 is 0 Å². The minimum Gasteiger partial charge on any atom is -0.342 e. The zero-order valence-corrected chi connectivity index (χ0v) is 19.4. The molecule has 0 saturated heterocycles. The maximum absolute atomic E-state index is 13.0. The summed E-state index contributed by atoms with van der Waals surface area (Å²) in [5.74, 6) is 0.165. The van der Waals surface area contributed by atoms with Gasteiger partial charge in [-0.25, -0.2) is 5.43 Å². The van der Waals surface area contributed by atoms with Gasteiger partial charge in [0.2, 0.25) is 5.91 Å². The summed E-state index contributed by atoms with van der Waals surface area (Å²) in [4.78, 5) is 25.5. The van der Waals surface area contributed by atoms with Crippen molar-refractivity contribution in [3.63, 3.8) is 0 Å². The quantitative estimate of drug-likeness (QED) is 0.340. The molecule has 0 radical (unpaired) electrons. The Labute approximate surface area is 178 Å². The lowest BCUT2D eigenvalue weighted by molar-refractivity contribution is -0.134. The molecule has 0 fully saturated rings. The molecule has 2 N–H and O–H groups in total. The van der Waals surface area contributed by atoms with Gasteiger partial charge in [0.25, 0.3) is 5.91 Å². The van der Waals surface area contributed by atoms with Gasteiger partial charge in [-0.2, -0.15) is 5.11 Å². The number of amides is 2. The molecular weight excluding hydrogens is 364 g/mol. The van der Waals surface area contributed by atoms with Crippen LogP contribution in [0, 0.1) is 11.8 Å². The van der Waals surface area contributed by atoms with E-state index in [-0.39, 0.29) is 23.7 Å². The van der Waals surface area contributed by atoms with Crippen LogP contribution in [-0.4, -0.2) is 23.4 Å². The van der Waals surface area contributed by atoms with E-state index in [9.17, 15) is 9.59 Å². The van der Waals surface area contributed by atoms with Gasteiger partial charge in [0.1, 0.15) is 11.6 Å². The highest BCUT2D eigenvalue weighted by Gasteiger charge is 2.55. The van der Waals surface area contributed by atoms with Crippen molar-refractivity contribution in [3.8, 4) is 0 Å². The average Bonchev–Trinajstić information content (AvgIpc) is 2.71. The summed E-state index contributed by atoms with van der Waals surface area (Å²) in [7, 11) is 0. The molecular formula is C23H44N4O2. The van der Waals surface area contributed by atoms with Gasteiger partial charge in [0.05, 0.1) is 0 Å². The normalized spacial score (nSPS) is 23.5. The van der Waals surface area contributed by atoms with Gasteiger partial charge in [-0.1, -0.05) is 91.2 Å². The van der Waals surface area contributed by atoms with Crippen molar-refractivity contribution >= 4 is 11.8 Å². The van der Waals surface area contributed by atoms with Crippen molar-refractivity contribution < 1.29 is 9.59 Å². The lowest BCUT2D eigenvalue weighted by Crippen LogP contribution is -2.66. The second kappa shape index (κ2) is 13.7. The van der Waals surface area contributed by atoms with Gasteiger partial charge in [0, 0.05) is 6.42 Å². The monoisotopic (exact) mass is 408 g/mol. The number of nitrogens with zero attached hydrogens (tertiary/aromatic N) is 2. The first-order valence-electron chi connectivity index (χ1n) is 12.0. The van der Waals surface area contributed by atoms with Crippen LogP contribution in [0.5, 0.6) is 0 Å². The van der Waals surface area contributed by atoms with Gasteiger partial charge < -0.3 is 5.32 Å². The molecule has 2 amide bonds. The number of unbranched alkanes of at least 4 members (excludes halogenated alkanes) is 4. The minimum atomic E-state index is -0.656. The molecule has 0 bridgehead atoms. The van der Waals surface area contributed by atoms with E-state index in [1.807, 2.05) is 6.92 Å². The number of rotatable bonds is 15. The zero-order valence-electron chi connectivity index (χ0n) is 19.4. The lowest BCUT2D eigenvalue weighted by atomic mass is 9.64. The predicted molar refractivity (Wildman–Crippen MR) is 118 cm³/mol. The Balaban J connectivity index is 3.34. The average molecular weight is 409 g/mol.